The van der Waals surface area contributed by atoms with Crippen molar-refractivity contribution < 1.29 is 0 Å². The van der Waals surface area contributed by atoms with Crippen molar-refractivity contribution in [3.63, 3.8) is 0 Å². The molecule has 0 aliphatic heterocycles. The van der Waals surface area contributed by atoms with Crippen molar-refractivity contribution in [1.82, 2.24) is 9.97 Å². The fourth-order valence-corrected chi connectivity index (χ4v) is 2.02. The number of hydrogen-bond donors (Lipinski definition) is 2. The smallest absolute Gasteiger partial charge is 0.148 e. The SMILES string of the molecule is CCc1c(NN)ncnc1N(C)c1ccc(C#N)cc1. The van der Waals surface area contributed by atoms with E-state index < -0.39 is 0 Å². The molecule has 0 spiro atoms. The van der Waals surface area contributed by atoms with Crippen LogP contribution in [0.1, 0.15) is 18.1 Å². The van der Waals surface area contributed by atoms with Gasteiger partial charge in [0.25, 0.3) is 0 Å². The maximum atomic E-state index is 8.83. The van der Waals surface area contributed by atoms with Crippen LogP contribution >= 0.6 is 0 Å². The fraction of sp³-hybridized carbons (Fsp3) is 0.214. The van der Waals surface area contributed by atoms with E-state index in [2.05, 4.69) is 21.5 Å². The largest absolute Gasteiger partial charge is 0.329 e. The van der Waals surface area contributed by atoms with Crippen molar-refractivity contribution in [1.29, 1.82) is 5.26 Å². The van der Waals surface area contributed by atoms with E-state index in [0.717, 1.165) is 23.5 Å². The summed E-state index contributed by atoms with van der Waals surface area (Å²) in [4.78, 5) is 10.4. The average molecular weight is 268 g/mol. The Morgan fingerprint density at radius 3 is 2.55 bits per heavy atom. The lowest BCUT2D eigenvalue weighted by Gasteiger charge is -2.22. The van der Waals surface area contributed by atoms with Gasteiger partial charge in [0.1, 0.15) is 18.0 Å². The Morgan fingerprint density at radius 1 is 1.30 bits per heavy atom. The lowest BCUT2D eigenvalue weighted by atomic mass is 10.1. The predicted molar refractivity (Wildman–Crippen MR) is 78.4 cm³/mol. The molecule has 20 heavy (non-hydrogen) atoms. The Balaban J connectivity index is 2.42. The van der Waals surface area contributed by atoms with Gasteiger partial charge in [-0.2, -0.15) is 5.26 Å². The van der Waals surface area contributed by atoms with Gasteiger partial charge in [-0.15, -0.1) is 0 Å². The molecule has 102 valence electrons. The van der Waals surface area contributed by atoms with Crippen LogP contribution in [-0.4, -0.2) is 17.0 Å². The molecule has 0 atom stereocenters. The summed E-state index contributed by atoms with van der Waals surface area (Å²) in [7, 11) is 1.92. The minimum Gasteiger partial charge on any atom is -0.329 e. The quantitative estimate of drug-likeness (QED) is 0.650. The minimum atomic E-state index is 0.623. The number of hydrogen-bond acceptors (Lipinski definition) is 6. The number of nitrogens with two attached hydrogens (primary N) is 1. The van der Waals surface area contributed by atoms with Crippen LogP contribution in [0.3, 0.4) is 0 Å². The van der Waals surface area contributed by atoms with Gasteiger partial charge in [-0.05, 0) is 30.7 Å². The molecule has 6 heteroatoms. The van der Waals surface area contributed by atoms with Gasteiger partial charge in [-0.1, -0.05) is 6.92 Å². The molecule has 0 aliphatic carbocycles. The van der Waals surface area contributed by atoms with Crippen molar-refractivity contribution >= 4 is 17.3 Å². The van der Waals surface area contributed by atoms with Gasteiger partial charge in [-0.25, -0.2) is 15.8 Å². The molecule has 0 radical (unpaired) electrons. The van der Waals surface area contributed by atoms with Crippen LogP contribution in [0.5, 0.6) is 0 Å². The molecule has 0 saturated heterocycles. The number of anilines is 3. The Kier molecular flexibility index (Phi) is 4.13. The third kappa shape index (κ3) is 2.53. The summed E-state index contributed by atoms with van der Waals surface area (Å²) in [5, 5.41) is 8.83. The number of nitrogens with zero attached hydrogens (tertiary/aromatic N) is 4. The molecule has 0 aliphatic rings. The number of rotatable bonds is 4. The fourth-order valence-electron chi connectivity index (χ4n) is 2.02. The molecule has 2 rings (SSSR count). The highest BCUT2D eigenvalue weighted by molar-refractivity contribution is 5.67. The monoisotopic (exact) mass is 268 g/mol. The molecule has 1 aromatic carbocycles. The molecule has 0 amide bonds. The molecule has 0 saturated carbocycles. The molecule has 3 N–H and O–H groups in total. The van der Waals surface area contributed by atoms with Crippen molar-refractivity contribution in [2.75, 3.05) is 17.4 Å². The number of aromatic nitrogens is 2. The molecule has 1 heterocycles. The topological polar surface area (TPSA) is 90.9 Å². The van der Waals surface area contributed by atoms with Crippen LogP contribution in [0, 0.1) is 11.3 Å². The van der Waals surface area contributed by atoms with Crippen molar-refractivity contribution in [2.24, 2.45) is 5.84 Å². The van der Waals surface area contributed by atoms with Crippen LogP contribution in [0.2, 0.25) is 0 Å². The first kappa shape index (κ1) is 13.8. The van der Waals surface area contributed by atoms with E-state index in [9.17, 15) is 0 Å². The highest BCUT2D eigenvalue weighted by Gasteiger charge is 2.14. The Morgan fingerprint density at radius 2 is 2.00 bits per heavy atom. The summed E-state index contributed by atoms with van der Waals surface area (Å²) in [5.74, 6) is 6.89. The van der Waals surface area contributed by atoms with E-state index >= 15 is 0 Å². The second kappa shape index (κ2) is 5.99. The highest BCUT2D eigenvalue weighted by atomic mass is 15.3. The van der Waals surface area contributed by atoms with Crippen LogP contribution in [0.15, 0.2) is 30.6 Å². The minimum absolute atomic E-state index is 0.623. The first-order chi connectivity index (χ1) is 9.71. The Hall–Kier alpha value is -2.65. The summed E-state index contributed by atoms with van der Waals surface area (Å²) in [6.45, 7) is 2.02. The average Bonchev–Trinajstić information content (AvgIpc) is 2.53. The van der Waals surface area contributed by atoms with Crippen molar-refractivity contribution in [3.05, 3.63) is 41.7 Å². The summed E-state index contributed by atoms with van der Waals surface area (Å²) in [6, 6.07) is 9.43. The number of benzene rings is 1. The number of nitriles is 1. The molecule has 6 nitrogen and oxygen atoms in total. The van der Waals surface area contributed by atoms with Gasteiger partial charge in [-0.3, -0.25) is 0 Å². The third-order valence-corrected chi connectivity index (χ3v) is 3.11. The molecule has 0 unspecified atom stereocenters. The first-order valence-electron chi connectivity index (χ1n) is 6.25. The highest BCUT2D eigenvalue weighted by Crippen LogP contribution is 2.28. The summed E-state index contributed by atoms with van der Waals surface area (Å²) < 4.78 is 0. The van der Waals surface area contributed by atoms with Crippen LogP contribution in [-0.2, 0) is 6.42 Å². The van der Waals surface area contributed by atoms with Crippen molar-refractivity contribution in [3.8, 4) is 6.07 Å². The van der Waals surface area contributed by atoms with E-state index in [1.165, 1.54) is 6.33 Å². The van der Waals surface area contributed by atoms with Gasteiger partial charge in [0.15, 0.2) is 0 Å². The second-order valence-corrected chi connectivity index (χ2v) is 4.24. The van der Waals surface area contributed by atoms with E-state index in [1.54, 1.807) is 12.1 Å². The zero-order chi connectivity index (χ0) is 14.5. The van der Waals surface area contributed by atoms with Crippen LogP contribution in [0.4, 0.5) is 17.3 Å². The van der Waals surface area contributed by atoms with Gasteiger partial charge in [0.2, 0.25) is 0 Å². The zero-order valence-electron chi connectivity index (χ0n) is 11.5. The van der Waals surface area contributed by atoms with E-state index in [4.69, 9.17) is 11.1 Å². The van der Waals surface area contributed by atoms with Gasteiger partial charge < -0.3 is 10.3 Å². The summed E-state index contributed by atoms with van der Waals surface area (Å²) in [5.41, 5.74) is 5.11. The van der Waals surface area contributed by atoms with E-state index in [-0.39, 0.29) is 0 Å². The van der Waals surface area contributed by atoms with E-state index in [1.807, 2.05) is 31.0 Å². The lowest BCUT2D eigenvalue weighted by Crippen LogP contribution is -2.17. The molecule has 0 fully saturated rings. The standard InChI is InChI=1S/C14H16N6/c1-3-12-13(19-16)17-9-18-14(12)20(2)11-6-4-10(8-15)5-7-11/h4-7,9H,3,16H2,1-2H3,(H,17,18,19). The molecular formula is C14H16N6. The number of nitrogens with one attached hydrogen (secondary N) is 1. The number of nitrogen functional groups attached to an aromatic ring is 1. The van der Waals surface area contributed by atoms with E-state index in [0.29, 0.717) is 11.4 Å². The number of hydrazine groups is 1. The zero-order valence-corrected chi connectivity index (χ0v) is 11.5. The predicted octanol–water partition coefficient (Wildman–Crippen LogP) is 1.96. The normalized spacial score (nSPS) is 9.90. The molecule has 0 bridgehead atoms. The van der Waals surface area contributed by atoms with Gasteiger partial charge in [0.05, 0.1) is 11.6 Å². The summed E-state index contributed by atoms with van der Waals surface area (Å²) >= 11 is 0. The molecule has 2 aromatic rings. The van der Waals surface area contributed by atoms with Gasteiger partial charge in [0, 0.05) is 18.3 Å². The van der Waals surface area contributed by atoms with Gasteiger partial charge >= 0.3 is 0 Å². The molecule has 1 aromatic heterocycles. The second-order valence-electron chi connectivity index (χ2n) is 4.24. The maximum Gasteiger partial charge on any atom is 0.148 e. The third-order valence-electron chi connectivity index (χ3n) is 3.11. The Bertz CT molecular complexity index is 629. The maximum absolute atomic E-state index is 8.83. The first-order valence-corrected chi connectivity index (χ1v) is 6.25. The Labute approximate surface area is 117 Å². The summed E-state index contributed by atoms with van der Waals surface area (Å²) in [6.07, 6.45) is 2.24. The molecular weight excluding hydrogens is 252 g/mol. The van der Waals surface area contributed by atoms with Crippen LogP contribution in [0.25, 0.3) is 0 Å². The lowest BCUT2D eigenvalue weighted by molar-refractivity contribution is 0.994. The van der Waals surface area contributed by atoms with Crippen molar-refractivity contribution in [2.45, 2.75) is 13.3 Å². The van der Waals surface area contributed by atoms with Crippen LogP contribution < -0.4 is 16.2 Å².